The van der Waals surface area contributed by atoms with E-state index in [0.717, 1.165) is 11.2 Å². The van der Waals surface area contributed by atoms with Gasteiger partial charge in [0.05, 0.1) is 0 Å². The minimum atomic E-state index is -0.822. The number of rotatable bonds is 6. The molecule has 0 aliphatic heterocycles. The minimum Gasteiger partial charge on any atom is -0.402 e. The molecule has 118 valence electrons. The van der Waals surface area contributed by atoms with Crippen LogP contribution in [0.2, 0.25) is 0 Å². The lowest BCUT2D eigenvalue weighted by atomic mass is 10.1. The summed E-state index contributed by atoms with van der Waals surface area (Å²) in [5, 5.41) is 0.163. The zero-order valence-electron chi connectivity index (χ0n) is 12.1. The van der Waals surface area contributed by atoms with Crippen LogP contribution in [0.5, 0.6) is 0 Å². The molecule has 0 unspecified atom stereocenters. The zero-order chi connectivity index (χ0) is 15.7. The molecular formula is C14H16N2O6. The monoisotopic (exact) mass is 308 g/mol. The minimum absolute atomic E-state index is 0.163. The number of hydrogen-bond acceptors (Lipinski definition) is 6. The van der Waals surface area contributed by atoms with Gasteiger partial charge in [0.25, 0.3) is 11.3 Å². The van der Waals surface area contributed by atoms with Crippen LogP contribution in [0.25, 0.3) is 11.1 Å². The van der Waals surface area contributed by atoms with Crippen LogP contribution in [0, 0.1) is 5.92 Å². The average molecular weight is 308 g/mol. The Morgan fingerprint density at radius 1 is 1.36 bits per heavy atom. The Balaban J connectivity index is 2.17. The first-order chi connectivity index (χ1) is 10.6. The molecular weight excluding hydrogens is 292 g/mol. The highest BCUT2D eigenvalue weighted by atomic mass is 16.8. The maximum Gasteiger partial charge on any atom is 0.364 e. The van der Waals surface area contributed by atoms with E-state index in [1.54, 1.807) is 0 Å². The molecule has 0 amide bonds. The third-order valence-corrected chi connectivity index (χ3v) is 3.66. The maximum absolute atomic E-state index is 12.1. The van der Waals surface area contributed by atoms with Crippen molar-refractivity contribution < 1.29 is 14.0 Å². The van der Waals surface area contributed by atoms with Crippen molar-refractivity contribution in [3.8, 4) is 0 Å². The van der Waals surface area contributed by atoms with Crippen LogP contribution < -0.4 is 21.7 Å². The second kappa shape index (κ2) is 5.80. The topological polar surface area (TPSA) is 104 Å². The Labute approximate surface area is 124 Å². The summed E-state index contributed by atoms with van der Waals surface area (Å²) >= 11 is 0. The van der Waals surface area contributed by atoms with Crippen LogP contribution in [-0.2, 0) is 11.2 Å². The van der Waals surface area contributed by atoms with Crippen LogP contribution in [0.4, 0.5) is 0 Å². The highest BCUT2D eigenvalue weighted by molar-refractivity contribution is 5.75. The van der Waals surface area contributed by atoms with E-state index in [-0.39, 0.29) is 17.9 Å². The maximum atomic E-state index is 12.1. The van der Waals surface area contributed by atoms with Gasteiger partial charge in [-0.25, -0.2) is 9.59 Å². The van der Waals surface area contributed by atoms with Gasteiger partial charge in [-0.15, -0.1) is 0 Å². The molecule has 22 heavy (non-hydrogen) atoms. The summed E-state index contributed by atoms with van der Waals surface area (Å²) in [6.07, 6.45) is 3.84. The number of methoxy groups -OCH3 is 1. The lowest BCUT2D eigenvalue weighted by Gasteiger charge is -2.10. The Morgan fingerprint density at radius 2 is 2.14 bits per heavy atom. The molecule has 1 fully saturated rings. The summed E-state index contributed by atoms with van der Waals surface area (Å²) < 4.78 is 10.5. The van der Waals surface area contributed by atoms with Crippen molar-refractivity contribution in [2.24, 2.45) is 5.92 Å². The fourth-order valence-electron chi connectivity index (χ4n) is 2.40. The van der Waals surface area contributed by atoms with Gasteiger partial charge in [-0.3, -0.25) is 9.78 Å². The molecule has 0 radical (unpaired) electrons. The SMILES string of the molecule is COCOn1c(=O)[nH]c(=O)c2c(CCC3CC3)cc(=O)oc21. The van der Waals surface area contributed by atoms with Crippen molar-refractivity contribution >= 4 is 11.1 Å². The molecule has 2 heterocycles. The van der Waals surface area contributed by atoms with E-state index in [1.165, 1.54) is 26.0 Å². The van der Waals surface area contributed by atoms with Crippen molar-refractivity contribution in [3.05, 3.63) is 42.9 Å². The predicted octanol–water partition coefficient (Wildman–Crippen LogP) is 0.0181. The van der Waals surface area contributed by atoms with E-state index >= 15 is 0 Å². The van der Waals surface area contributed by atoms with Crippen molar-refractivity contribution in [2.45, 2.75) is 25.7 Å². The van der Waals surface area contributed by atoms with Gasteiger partial charge >= 0.3 is 11.3 Å². The summed E-state index contributed by atoms with van der Waals surface area (Å²) in [5.74, 6) is 0.650. The van der Waals surface area contributed by atoms with E-state index < -0.39 is 16.9 Å². The molecule has 0 atom stereocenters. The molecule has 0 saturated heterocycles. The van der Waals surface area contributed by atoms with Crippen LogP contribution >= 0.6 is 0 Å². The molecule has 1 saturated carbocycles. The molecule has 8 nitrogen and oxygen atoms in total. The molecule has 8 heteroatoms. The third kappa shape index (κ3) is 2.82. The number of ether oxygens (including phenoxy) is 1. The number of nitrogens with one attached hydrogen (secondary N) is 1. The van der Waals surface area contributed by atoms with Gasteiger partial charge in [0.1, 0.15) is 5.39 Å². The van der Waals surface area contributed by atoms with Gasteiger partial charge in [-0.2, -0.15) is 0 Å². The first-order valence-corrected chi connectivity index (χ1v) is 7.04. The van der Waals surface area contributed by atoms with Crippen LogP contribution in [0.3, 0.4) is 0 Å². The predicted molar refractivity (Wildman–Crippen MR) is 76.9 cm³/mol. The summed E-state index contributed by atoms with van der Waals surface area (Å²) in [5.41, 5.74) is -1.67. The average Bonchev–Trinajstić information content (AvgIpc) is 3.28. The fraction of sp³-hybridized carbons (Fsp3) is 0.500. The van der Waals surface area contributed by atoms with E-state index in [1.807, 2.05) is 0 Å². The van der Waals surface area contributed by atoms with E-state index in [9.17, 15) is 14.4 Å². The smallest absolute Gasteiger partial charge is 0.364 e. The van der Waals surface area contributed by atoms with Gasteiger partial charge in [-0.1, -0.05) is 17.6 Å². The van der Waals surface area contributed by atoms with Crippen LogP contribution in [0.15, 0.2) is 24.9 Å². The lowest BCUT2D eigenvalue weighted by molar-refractivity contribution is -0.0413. The number of H-pyrrole nitrogens is 1. The number of aromatic nitrogens is 2. The van der Waals surface area contributed by atoms with Gasteiger partial charge in [-0.05, 0) is 24.3 Å². The van der Waals surface area contributed by atoms with E-state index in [4.69, 9.17) is 14.0 Å². The summed E-state index contributed by atoms with van der Waals surface area (Å²) in [4.78, 5) is 42.9. The second-order valence-electron chi connectivity index (χ2n) is 5.34. The van der Waals surface area contributed by atoms with Crippen molar-refractivity contribution in [1.82, 2.24) is 9.71 Å². The largest absolute Gasteiger partial charge is 0.402 e. The summed E-state index contributed by atoms with van der Waals surface area (Å²) in [6.45, 7) is -0.225. The molecule has 1 aliphatic carbocycles. The van der Waals surface area contributed by atoms with Crippen LogP contribution in [0.1, 0.15) is 24.8 Å². The standard InChI is InChI=1S/C14H16N2O6/c1-20-7-21-16-13-11(12(18)15-14(16)19)9(6-10(17)22-13)5-4-8-2-3-8/h6,8H,2-5,7H2,1H3,(H,15,18,19). The summed E-state index contributed by atoms with van der Waals surface area (Å²) in [6, 6.07) is 1.30. The highest BCUT2D eigenvalue weighted by Gasteiger charge is 2.22. The van der Waals surface area contributed by atoms with Crippen LogP contribution in [-0.4, -0.2) is 23.6 Å². The van der Waals surface area contributed by atoms with Crippen molar-refractivity contribution in [2.75, 3.05) is 13.9 Å². The molecule has 3 rings (SSSR count). The molecule has 0 spiro atoms. The molecule has 0 bridgehead atoms. The highest BCUT2D eigenvalue weighted by Crippen LogP contribution is 2.33. The Bertz CT molecular complexity index is 858. The van der Waals surface area contributed by atoms with Gasteiger partial charge in [0.15, 0.2) is 0 Å². The molecule has 2 aromatic heterocycles. The van der Waals surface area contributed by atoms with Gasteiger partial charge in [0, 0.05) is 13.2 Å². The molecule has 1 aliphatic rings. The number of aryl methyl sites for hydroxylation is 1. The Hall–Kier alpha value is -2.35. The molecule has 1 N–H and O–H groups in total. The van der Waals surface area contributed by atoms with Gasteiger partial charge < -0.3 is 14.0 Å². The third-order valence-electron chi connectivity index (χ3n) is 3.66. The summed E-state index contributed by atoms with van der Waals surface area (Å²) in [7, 11) is 1.39. The first-order valence-electron chi connectivity index (χ1n) is 7.04. The first kappa shape index (κ1) is 14.6. The number of aromatic amines is 1. The zero-order valence-corrected chi connectivity index (χ0v) is 12.1. The fourth-order valence-corrected chi connectivity index (χ4v) is 2.40. The normalized spacial score (nSPS) is 14.4. The van der Waals surface area contributed by atoms with E-state index in [2.05, 4.69) is 4.98 Å². The quantitative estimate of drug-likeness (QED) is 0.754. The van der Waals surface area contributed by atoms with Gasteiger partial charge in [0.2, 0.25) is 6.79 Å². The number of fused-ring (bicyclic) bond motifs is 1. The molecule has 0 aromatic carbocycles. The number of hydrogen-bond donors (Lipinski definition) is 1. The lowest BCUT2D eigenvalue weighted by Crippen LogP contribution is -2.36. The van der Waals surface area contributed by atoms with Crippen molar-refractivity contribution in [1.29, 1.82) is 0 Å². The van der Waals surface area contributed by atoms with E-state index in [0.29, 0.717) is 17.9 Å². The second-order valence-corrected chi connectivity index (χ2v) is 5.34. The van der Waals surface area contributed by atoms with Crippen molar-refractivity contribution in [3.63, 3.8) is 0 Å². The molecule has 2 aromatic rings. The number of nitrogens with zero attached hydrogens (tertiary/aromatic N) is 1. The Morgan fingerprint density at radius 3 is 2.82 bits per heavy atom. The Kier molecular flexibility index (Phi) is 3.84.